The van der Waals surface area contributed by atoms with E-state index in [9.17, 15) is 4.79 Å². The van der Waals surface area contributed by atoms with Crippen molar-refractivity contribution in [1.82, 2.24) is 4.98 Å². The van der Waals surface area contributed by atoms with E-state index in [0.29, 0.717) is 6.42 Å². The van der Waals surface area contributed by atoms with E-state index in [0.717, 1.165) is 30.4 Å². The normalized spacial score (nSPS) is 10.4. The number of aryl methyl sites for hydroxylation is 2. The molecule has 0 aliphatic heterocycles. The lowest BCUT2D eigenvalue weighted by atomic mass is 10.0. The molecular weight excluding hydrogens is 234 g/mol. The van der Waals surface area contributed by atoms with Gasteiger partial charge >= 0.3 is 0 Å². The van der Waals surface area contributed by atoms with Gasteiger partial charge in [0.2, 0.25) is 0 Å². The zero-order valence-electron chi connectivity index (χ0n) is 11.3. The Balaban J connectivity index is 1.98. The molecule has 0 bridgehead atoms. The number of nitrogens with zero attached hydrogens (tertiary/aromatic N) is 1. The van der Waals surface area contributed by atoms with Crippen molar-refractivity contribution in [2.24, 2.45) is 0 Å². The zero-order valence-corrected chi connectivity index (χ0v) is 11.3. The minimum atomic E-state index is 0.210. The molecule has 0 saturated carbocycles. The summed E-state index contributed by atoms with van der Waals surface area (Å²) in [5.74, 6) is 0.210. The molecule has 2 heteroatoms. The highest BCUT2D eigenvalue weighted by atomic mass is 16.1. The second kappa shape index (κ2) is 6.83. The first-order chi connectivity index (χ1) is 9.29. The molecule has 19 heavy (non-hydrogen) atoms. The van der Waals surface area contributed by atoms with Crippen molar-refractivity contribution in [3.05, 3.63) is 65.5 Å². The molecule has 0 amide bonds. The van der Waals surface area contributed by atoms with Crippen LogP contribution in [0.4, 0.5) is 0 Å². The Morgan fingerprint density at radius 2 is 1.95 bits per heavy atom. The van der Waals surface area contributed by atoms with Crippen LogP contribution < -0.4 is 0 Å². The smallest absolute Gasteiger partial charge is 0.163 e. The van der Waals surface area contributed by atoms with Crippen LogP contribution in [0.1, 0.15) is 41.3 Å². The summed E-state index contributed by atoms with van der Waals surface area (Å²) in [6.45, 7) is 2.15. The van der Waals surface area contributed by atoms with Gasteiger partial charge in [0.1, 0.15) is 0 Å². The average Bonchev–Trinajstić information content (AvgIpc) is 2.46. The van der Waals surface area contributed by atoms with Crippen LogP contribution >= 0.6 is 0 Å². The van der Waals surface area contributed by atoms with Gasteiger partial charge in [-0.3, -0.25) is 9.78 Å². The Kier molecular flexibility index (Phi) is 4.85. The van der Waals surface area contributed by atoms with E-state index in [1.165, 1.54) is 5.56 Å². The Hall–Kier alpha value is -1.96. The number of aromatic nitrogens is 1. The fourth-order valence-electron chi connectivity index (χ4n) is 2.14. The molecule has 0 spiro atoms. The molecule has 1 heterocycles. The highest BCUT2D eigenvalue weighted by Crippen LogP contribution is 2.11. The van der Waals surface area contributed by atoms with Crippen LogP contribution in [-0.2, 0) is 12.8 Å². The number of hydrogen-bond acceptors (Lipinski definition) is 2. The number of carbonyl (C=O) groups excluding carboxylic acids is 1. The van der Waals surface area contributed by atoms with Gasteiger partial charge in [-0.25, -0.2) is 0 Å². The first-order valence-corrected chi connectivity index (χ1v) is 6.80. The van der Waals surface area contributed by atoms with Gasteiger partial charge in [0.25, 0.3) is 0 Å². The molecule has 0 aliphatic rings. The number of Topliss-reactive ketones (excluding diaryl/α,β-unsaturated/α-hetero) is 1. The van der Waals surface area contributed by atoms with Crippen LogP contribution in [0.25, 0.3) is 0 Å². The number of pyridine rings is 1. The molecule has 0 radical (unpaired) electrons. The summed E-state index contributed by atoms with van der Waals surface area (Å²) in [6, 6.07) is 11.9. The minimum absolute atomic E-state index is 0.210. The van der Waals surface area contributed by atoms with E-state index in [1.54, 1.807) is 6.20 Å². The quantitative estimate of drug-likeness (QED) is 0.732. The molecule has 0 unspecified atom stereocenters. The first-order valence-electron chi connectivity index (χ1n) is 6.80. The summed E-state index contributed by atoms with van der Waals surface area (Å²) in [7, 11) is 0. The Bertz CT molecular complexity index is 534. The lowest BCUT2D eigenvalue weighted by Crippen LogP contribution is -2.02. The summed E-state index contributed by atoms with van der Waals surface area (Å²) >= 11 is 0. The van der Waals surface area contributed by atoms with Crippen LogP contribution in [0.5, 0.6) is 0 Å². The summed E-state index contributed by atoms with van der Waals surface area (Å²) in [5.41, 5.74) is 3.19. The van der Waals surface area contributed by atoms with Gasteiger partial charge in [-0.2, -0.15) is 0 Å². The number of hydrogen-bond donors (Lipinski definition) is 0. The van der Waals surface area contributed by atoms with Gasteiger partial charge in [-0.15, -0.1) is 0 Å². The maximum absolute atomic E-state index is 12.2. The monoisotopic (exact) mass is 253 g/mol. The van der Waals surface area contributed by atoms with Crippen LogP contribution in [0.3, 0.4) is 0 Å². The summed E-state index contributed by atoms with van der Waals surface area (Å²) in [5, 5.41) is 0. The van der Waals surface area contributed by atoms with Crippen molar-refractivity contribution < 1.29 is 4.79 Å². The third-order valence-corrected chi connectivity index (χ3v) is 3.15. The van der Waals surface area contributed by atoms with Crippen LogP contribution in [-0.4, -0.2) is 10.8 Å². The molecule has 98 valence electrons. The highest BCUT2D eigenvalue weighted by Gasteiger charge is 2.06. The van der Waals surface area contributed by atoms with Crippen molar-refractivity contribution in [3.63, 3.8) is 0 Å². The van der Waals surface area contributed by atoms with E-state index < -0.39 is 0 Å². The zero-order chi connectivity index (χ0) is 13.5. The molecule has 2 nitrogen and oxygen atoms in total. The average molecular weight is 253 g/mol. The van der Waals surface area contributed by atoms with Gasteiger partial charge < -0.3 is 0 Å². The molecule has 1 aromatic heterocycles. The van der Waals surface area contributed by atoms with E-state index >= 15 is 0 Å². The number of ketones is 1. The van der Waals surface area contributed by atoms with E-state index in [4.69, 9.17) is 0 Å². The molecule has 0 atom stereocenters. The van der Waals surface area contributed by atoms with Crippen molar-refractivity contribution in [1.29, 1.82) is 0 Å². The Morgan fingerprint density at radius 3 is 2.68 bits per heavy atom. The fourth-order valence-corrected chi connectivity index (χ4v) is 2.14. The van der Waals surface area contributed by atoms with Crippen LogP contribution in [0.2, 0.25) is 0 Å². The van der Waals surface area contributed by atoms with Crippen molar-refractivity contribution in [2.75, 3.05) is 0 Å². The molecule has 0 N–H and O–H groups in total. The van der Waals surface area contributed by atoms with Gasteiger partial charge in [-0.05, 0) is 36.1 Å². The summed E-state index contributed by atoms with van der Waals surface area (Å²) in [6.07, 6.45) is 7.00. The molecule has 2 rings (SSSR count). The lowest BCUT2D eigenvalue weighted by molar-refractivity contribution is 0.0982. The predicted octanol–water partition coefficient (Wildman–Crippen LogP) is 3.85. The van der Waals surface area contributed by atoms with Gasteiger partial charge in [0.15, 0.2) is 5.78 Å². The van der Waals surface area contributed by atoms with Crippen LogP contribution in [0, 0.1) is 0 Å². The van der Waals surface area contributed by atoms with Gasteiger partial charge in [0.05, 0.1) is 0 Å². The second-order valence-electron chi connectivity index (χ2n) is 4.73. The fraction of sp³-hybridized carbons (Fsp3) is 0.294. The molecule has 2 aromatic rings. The third kappa shape index (κ3) is 4.02. The molecule has 0 fully saturated rings. The van der Waals surface area contributed by atoms with E-state index in [2.05, 4.69) is 18.0 Å². The molecule has 1 aromatic carbocycles. The van der Waals surface area contributed by atoms with Crippen molar-refractivity contribution in [3.8, 4) is 0 Å². The topological polar surface area (TPSA) is 30.0 Å². The third-order valence-electron chi connectivity index (χ3n) is 3.15. The second-order valence-corrected chi connectivity index (χ2v) is 4.73. The highest BCUT2D eigenvalue weighted by molar-refractivity contribution is 5.96. The summed E-state index contributed by atoms with van der Waals surface area (Å²) in [4.78, 5) is 16.2. The first kappa shape index (κ1) is 13.5. The van der Waals surface area contributed by atoms with Crippen molar-refractivity contribution >= 4 is 5.78 Å². The van der Waals surface area contributed by atoms with E-state index in [1.807, 2.05) is 36.5 Å². The number of rotatable bonds is 6. The van der Waals surface area contributed by atoms with Gasteiger partial charge in [0, 0.05) is 24.4 Å². The van der Waals surface area contributed by atoms with Crippen molar-refractivity contribution in [2.45, 2.75) is 32.6 Å². The predicted molar refractivity (Wildman–Crippen MR) is 77.3 cm³/mol. The number of carbonyl (C=O) groups is 1. The molecule has 0 aliphatic carbocycles. The number of benzene rings is 1. The maximum Gasteiger partial charge on any atom is 0.163 e. The Labute approximate surface area is 114 Å². The van der Waals surface area contributed by atoms with Crippen LogP contribution in [0.15, 0.2) is 48.8 Å². The molecule has 0 saturated heterocycles. The largest absolute Gasteiger partial charge is 0.294 e. The van der Waals surface area contributed by atoms with E-state index in [-0.39, 0.29) is 5.78 Å². The summed E-state index contributed by atoms with van der Waals surface area (Å²) < 4.78 is 0. The Morgan fingerprint density at radius 1 is 1.11 bits per heavy atom. The molecular formula is C17H19NO. The minimum Gasteiger partial charge on any atom is -0.294 e. The maximum atomic E-state index is 12.2. The lowest BCUT2D eigenvalue weighted by Gasteiger charge is -2.04. The standard InChI is InChI=1S/C17H19NO/c1-2-5-14-6-3-8-16(12-14)17(19)10-9-15-7-4-11-18-13-15/h3-4,6-8,11-13H,2,5,9-10H2,1H3. The van der Waals surface area contributed by atoms with Gasteiger partial charge in [-0.1, -0.05) is 37.6 Å². The SMILES string of the molecule is CCCc1cccc(C(=O)CCc2cccnc2)c1.